The van der Waals surface area contributed by atoms with Crippen molar-refractivity contribution >= 4 is 97.3 Å². The number of aldehydes is 1. The van der Waals surface area contributed by atoms with Crippen LogP contribution in [-0.4, -0.2) is 250 Å². The van der Waals surface area contributed by atoms with Gasteiger partial charge in [-0.25, -0.2) is 4.79 Å². The van der Waals surface area contributed by atoms with E-state index in [0.29, 0.717) is 49.8 Å². The minimum absolute atomic E-state index is 0.00463. The highest BCUT2D eigenvalue weighted by Crippen LogP contribution is 2.24. The van der Waals surface area contributed by atoms with Crippen LogP contribution in [0.1, 0.15) is 103 Å². The second kappa shape index (κ2) is 63.4. The Morgan fingerprint density at radius 2 is 1.34 bits per heavy atom. The number of para-hydroxylation sites is 1. The molecule has 2 aromatic rings. The van der Waals surface area contributed by atoms with Crippen LogP contribution in [-0.2, 0) is 37.7 Å². The lowest BCUT2D eigenvalue weighted by Crippen LogP contribution is -2.29. The number of rotatable bonds is 17. The molecule has 3 aliphatic heterocycles. The zero-order valence-electron chi connectivity index (χ0n) is 57.3. The predicted octanol–water partition coefficient (Wildman–Crippen LogP) is 10.3. The molecular formula is C64H115N11O10SSi. The van der Waals surface area contributed by atoms with Gasteiger partial charge in [-0.1, -0.05) is 42.5 Å². The Morgan fingerprint density at radius 3 is 1.75 bits per heavy atom. The average molecular weight is 1260 g/mol. The number of hydrogen-bond acceptors (Lipinski definition) is 21. The van der Waals surface area contributed by atoms with Crippen molar-refractivity contribution in [3.05, 3.63) is 65.7 Å². The van der Waals surface area contributed by atoms with Crippen LogP contribution < -0.4 is 5.32 Å². The molecule has 4 atom stereocenters. The number of esters is 1. The minimum Gasteiger partial charge on any atom is -0.465 e. The van der Waals surface area contributed by atoms with Crippen molar-refractivity contribution in [2.24, 2.45) is 39.9 Å². The highest BCUT2D eigenvalue weighted by atomic mass is 32.2. The molecule has 2 aromatic carbocycles. The zero-order chi connectivity index (χ0) is 67.3. The smallest absolute Gasteiger partial charge is 0.351 e. The van der Waals surface area contributed by atoms with Crippen molar-refractivity contribution in [2.45, 2.75) is 130 Å². The van der Waals surface area contributed by atoms with E-state index in [9.17, 15) is 14.4 Å². The highest BCUT2D eigenvalue weighted by Gasteiger charge is 2.15. The number of nitrogens with one attached hydrogen (secondary N) is 2. The first kappa shape index (κ1) is 90.1. The number of aliphatic hydroxyl groups excluding tert-OH is 1. The Kier molecular flexibility index (Phi) is 65.7. The van der Waals surface area contributed by atoms with E-state index in [1.165, 1.54) is 44.8 Å². The maximum absolute atomic E-state index is 10.6. The quantitative estimate of drug-likeness (QED) is 0.0578. The molecule has 3 aliphatic rings. The van der Waals surface area contributed by atoms with Gasteiger partial charge in [0.25, 0.3) is 0 Å². The van der Waals surface area contributed by atoms with E-state index in [4.69, 9.17) is 33.9 Å². The van der Waals surface area contributed by atoms with Gasteiger partial charge in [0.15, 0.2) is 14.6 Å². The summed E-state index contributed by atoms with van der Waals surface area (Å²) in [6.07, 6.45) is 14.9. The molecule has 1 amide bonds. The largest absolute Gasteiger partial charge is 0.465 e. The third-order valence-electron chi connectivity index (χ3n) is 11.5. The number of aliphatic imine (C=N–C) groups is 8. The Morgan fingerprint density at radius 1 is 0.782 bits per heavy atom. The third kappa shape index (κ3) is 61.8. The highest BCUT2D eigenvalue weighted by molar-refractivity contribution is 8.00. The minimum atomic E-state index is -1.42. The van der Waals surface area contributed by atoms with Gasteiger partial charge in [0.2, 0.25) is 5.91 Å². The Bertz CT molecular complexity index is 2230. The van der Waals surface area contributed by atoms with Crippen molar-refractivity contribution in [2.75, 3.05) is 137 Å². The number of carbonyl (C=O) groups is 3. The molecule has 3 saturated heterocycles. The number of thioether (sulfide) groups is 1. The van der Waals surface area contributed by atoms with E-state index >= 15 is 0 Å². The molecule has 5 rings (SSSR count). The van der Waals surface area contributed by atoms with Crippen molar-refractivity contribution in [3.63, 3.8) is 0 Å². The SMILES string of the molecule is CC(CO[Si](C)(C)C)=Nc1ccccc1.CN=C(C)C(=O)OC.CN=C(C)CC(C)N(C)C.CN=C(C)CCOC.CN=C(C)c1ccccc1C=O.CN=CC1CCCO1.CN=CC1CCCS1.CN=CC1COCCO1.CNC(C)=O.N=CCO. The molecule has 21 nitrogen and oxygen atoms in total. The summed E-state index contributed by atoms with van der Waals surface area (Å²) in [6.45, 7) is 24.1. The summed E-state index contributed by atoms with van der Waals surface area (Å²) in [4.78, 5) is 64.7. The summed E-state index contributed by atoms with van der Waals surface area (Å²) in [6, 6.07) is 18.0. The molecule has 0 spiro atoms. The van der Waals surface area contributed by atoms with Crippen LogP contribution in [0.25, 0.3) is 0 Å². The number of hydrogen-bond donors (Lipinski definition) is 3. The van der Waals surface area contributed by atoms with E-state index in [1.54, 1.807) is 68.6 Å². The van der Waals surface area contributed by atoms with Gasteiger partial charge in [-0.15, -0.1) is 0 Å². The maximum atomic E-state index is 10.6. The van der Waals surface area contributed by atoms with Crippen molar-refractivity contribution in [1.82, 2.24) is 10.2 Å². The molecule has 3 heterocycles. The van der Waals surface area contributed by atoms with E-state index in [0.717, 1.165) is 78.6 Å². The fraction of sp³-hybridized carbons (Fsp3) is 0.625. The number of carbonyl (C=O) groups excluding carboxylic acids is 3. The van der Waals surface area contributed by atoms with Crippen LogP contribution in [0.4, 0.5) is 5.69 Å². The fourth-order valence-electron chi connectivity index (χ4n) is 5.96. The van der Waals surface area contributed by atoms with Crippen LogP contribution in [0.3, 0.4) is 0 Å². The Labute approximate surface area is 530 Å². The molecule has 0 aromatic heterocycles. The van der Waals surface area contributed by atoms with Gasteiger partial charge in [-0.05, 0) is 119 Å². The number of ether oxygens (including phenoxy) is 5. The topological polar surface area (TPSA) is 265 Å². The molecule has 87 heavy (non-hydrogen) atoms. The summed E-state index contributed by atoms with van der Waals surface area (Å²) in [5.41, 5.74) is 7.28. The first-order valence-corrected chi connectivity index (χ1v) is 33.5. The van der Waals surface area contributed by atoms with Gasteiger partial charge in [-0.2, -0.15) is 11.8 Å². The van der Waals surface area contributed by atoms with Crippen LogP contribution >= 0.6 is 11.8 Å². The van der Waals surface area contributed by atoms with E-state index in [2.05, 4.69) is 109 Å². The van der Waals surface area contributed by atoms with Gasteiger partial charge < -0.3 is 48.8 Å². The molecule has 3 N–H and O–H groups in total. The first-order chi connectivity index (χ1) is 41.3. The number of benzene rings is 2. The summed E-state index contributed by atoms with van der Waals surface area (Å²) < 4.78 is 30.5. The molecular weight excluding hydrogens is 1140 g/mol. The van der Waals surface area contributed by atoms with E-state index in [1.807, 2.05) is 101 Å². The van der Waals surface area contributed by atoms with Crippen LogP contribution in [0, 0.1) is 5.41 Å². The average Bonchev–Trinajstić information content (AvgIpc) is 4.43. The Hall–Kier alpha value is -5.63. The maximum Gasteiger partial charge on any atom is 0.351 e. The van der Waals surface area contributed by atoms with Crippen LogP contribution in [0.15, 0.2) is 94.5 Å². The number of amides is 1. The molecule has 23 heteroatoms. The monoisotopic (exact) mass is 1260 g/mol. The molecule has 0 aliphatic carbocycles. The lowest BCUT2D eigenvalue weighted by molar-refractivity contribution is -0.132. The summed E-state index contributed by atoms with van der Waals surface area (Å²) in [5, 5.41) is 16.8. The normalized spacial score (nSPS) is 17.0. The lowest BCUT2D eigenvalue weighted by atomic mass is 10.1. The lowest BCUT2D eigenvalue weighted by Gasteiger charge is -2.18. The predicted molar refractivity (Wildman–Crippen MR) is 376 cm³/mol. The van der Waals surface area contributed by atoms with Gasteiger partial charge in [0, 0.05) is 160 Å². The van der Waals surface area contributed by atoms with Gasteiger partial charge in [0.05, 0.1) is 58.5 Å². The van der Waals surface area contributed by atoms with Gasteiger partial charge in [0.1, 0.15) is 11.8 Å². The van der Waals surface area contributed by atoms with Crippen molar-refractivity contribution in [3.8, 4) is 0 Å². The number of nitrogens with zero attached hydrogens (tertiary/aromatic N) is 9. The van der Waals surface area contributed by atoms with Gasteiger partial charge in [-0.3, -0.25) is 49.5 Å². The fourth-order valence-corrected chi connectivity index (χ4v) is 7.78. The second-order valence-corrected chi connectivity index (χ2v) is 25.9. The van der Waals surface area contributed by atoms with Gasteiger partial charge >= 0.3 is 5.97 Å². The van der Waals surface area contributed by atoms with Crippen LogP contribution in [0.2, 0.25) is 19.6 Å². The second-order valence-electron chi connectivity index (χ2n) is 20.1. The summed E-state index contributed by atoms with van der Waals surface area (Å²) in [7, 11) is 19.7. The number of aliphatic hydroxyl groups is 1. The molecule has 496 valence electrons. The number of methoxy groups -OCH3 is 2. The first-order valence-electron chi connectivity index (χ1n) is 29.1. The van der Waals surface area contributed by atoms with Crippen molar-refractivity contribution in [1.29, 1.82) is 5.41 Å². The van der Waals surface area contributed by atoms with E-state index in [-0.39, 0.29) is 24.6 Å². The van der Waals surface area contributed by atoms with Crippen LogP contribution in [0.5, 0.6) is 0 Å². The summed E-state index contributed by atoms with van der Waals surface area (Å²) in [5.74, 6) is 0.967. The molecule has 3 fully saturated rings. The molecule has 0 bridgehead atoms. The molecule has 0 radical (unpaired) electrons. The van der Waals surface area contributed by atoms with E-state index < -0.39 is 8.32 Å². The standard InChI is InChI=1S/C12H19NOSi.C10H11NO.C8H18N2.C6H11NO2.C6H11NO.C6H13NO.C6H11NS.C5H9NO2.C3H7NO.C2H5NO/c1-11(10-14-15(2,3)4)13-12-8-6-5-7-9-12;1-8(11-2)10-6-4-3-5-9(10)7-12;1-7(9-3)6-8(2)10(4)5;1-7-4-6-5-8-2-3-9-6;1-7-5-6-3-2-4-8-6;1-6(7-2)4-5-8-3;1-7-5-6-3-2-4-8-6;1-4(6-2)5(7)8-3;1-3(5)4-2;3-1-2-4/h5-9H,10H2,1-4H3;3-7H,1-2H3;8H,6H2,1-5H3;4,6H,2-3,5H2,1H3;5-6H,2-4H2,1H3;4-5H2,1-3H3;5-6H,2-4H2,1H3;1-3H3;1-2H3,(H,4,5);1,3-4H,2H2. The molecule has 0 saturated carbocycles. The summed E-state index contributed by atoms with van der Waals surface area (Å²) >= 11 is 2.02. The Balaban J connectivity index is -0.000000291. The molecule has 4 unspecified atom stereocenters. The zero-order valence-corrected chi connectivity index (χ0v) is 59.2. The third-order valence-corrected chi connectivity index (χ3v) is 13.8. The van der Waals surface area contributed by atoms with Crippen molar-refractivity contribution < 1.29 is 47.6 Å².